The standard InChI is InChI=1S/C26H18N4OS/c31-25-21-13-7-8-14-22(21)27-23(17-15-19-9-3-1-4-10-19)30(25)26-29-28-24(32-26)18-16-20-11-5-2-6-12-20/h1-18H/b17-15+,18-16+. The molecule has 0 aliphatic rings. The first-order valence-electron chi connectivity index (χ1n) is 10.1. The molecular weight excluding hydrogens is 416 g/mol. The van der Waals surface area contributed by atoms with Gasteiger partial charge in [-0.1, -0.05) is 96.3 Å². The molecule has 154 valence electrons. The fourth-order valence-electron chi connectivity index (χ4n) is 3.30. The van der Waals surface area contributed by atoms with Crippen molar-refractivity contribution < 1.29 is 0 Å². The second kappa shape index (κ2) is 8.91. The van der Waals surface area contributed by atoms with E-state index in [9.17, 15) is 4.79 Å². The summed E-state index contributed by atoms with van der Waals surface area (Å²) in [5.74, 6) is 0.507. The van der Waals surface area contributed by atoms with Gasteiger partial charge in [0.25, 0.3) is 5.56 Å². The zero-order valence-corrected chi connectivity index (χ0v) is 17.8. The molecule has 32 heavy (non-hydrogen) atoms. The summed E-state index contributed by atoms with van der Waals surface area (Å²) in [5.41, 5.74) is 2.57. The fraction of sp³-hybridized carbons (Fsp3) is 0. The lowest BCUT2D eigenvalue weighted by Gasteiger charge is -2.07. The van der Waals surface area contributed by atoms with Crippen LogP contribution < -0.4 is 5.56 Å². The molecule has 0 N–H and O–H groups in total. The van der Waals surface area contributed by atoms with Crippen molar-refractivity contribution in [3.05, 3.63) is 117 Å². The molecule has 2 aromatic heterocycles. The predicted octanol–water partition coefficient (Wildman–Crippen LogP) is 5.58. The Morgan fingerprint density at radius 1 is 0.688 bits per heavy atom. The second-order valence-electron chi connectivity index (χ2n) is 7.04. The third-order valence-electron chi connectivity index (χ3n) is 4.87. The van der Waals surface area contributed by atoms with E-state index in [0.29, 0.717) is 26.9 Å². The van der Waals surface area contributed by atoms with Crippen LogP contribution in [0.2, 0.25) is 0 Å². The molecule has 0 aliphatic carbocycles. The van der Waals surface area contributed by atoms with E-state index >= 15 is 0 Å². The fourth-order valence-corrected chi connectivity index (χ4v) is 4.05. The highest BCUT2D eigenvalue weighted by atomic mass is 32.1. The van der Waals surface area contributed by atoms with Gasteiger partial charge in [0.1, 0.15) is 10.8 Å². The number of benzene rings is 3. The molecule has 0 atom stereocenters. The average Bonchev–Trinajstić information content (AvgIpc) is 3.31. The zero-order valence-electron chi connectivity index (χ0n) is 17.0. The van der Waals surface area contributed by atoms with Crippen LogP contribution in [0.5, 0.6) is 0 Å². The van der Waals surface area contributed by atoms with Gasteiger partial charge in [-0.15, -0.1) is 10.2 Å². The maximum Gasteiger partial charge on any atom is 0.268 e. The Kier molecular flexibility index (Phi) is 5.51. The molecule has 2 heterocycles. The van der Waals surface area contributed by atoms with Crippen molar-refractivity contribution >= 4 is 46.5 Å². The second-order valence-corrected chi connectivity index (χ2v) is 8.03. The van der Waals surface area contributed by atoms with Crippen molar-refractivity contribution in [1.82, 2.24) is 19.7 Å². The number of nitrogens with zero attached hydrogens (tertiary/aromatic N) is 4. The van der Waals surface area contributed by atoms with Gasteiger partial charge in [-0.05, 0) is 35.4 Å². The van der Waals surface area contributed by atoms with Gasteiger partial charge < -0.3 is 0 Å². The summed E-state index contributed by atoms with van der Waals surface area (Å²) in [7, 11) is 0. The smallest absolute Gasteiger partial charge is 0.268 e. The van der Waals surface area contributed by atoms with E-state index < -0.39 is 0 Å². The molecule has 5 rings (SSSR count). The third-order valence-corrected chi connectivity index (χ3v) is 5.74. The summed E-state index contributed by atoms with van der Waals surface area (Å²) in [6.07, 6.45) is 7.64. The summed E-state index contributed by atoms with van der Waals surface area (Å²) >= 11 is 1.34. The van der Waals surface area contributed by atoms with E-state index in [-0.39, 0.29) is 5.56 Å². The SMILES string of the molecule is O=c1c2ccccc2nc(/C=C/c2ccccc2)n1-c1nnc(/C=C/c2ccccc2)s1. The van der Waals surface area contributed by atoms with Crippen LogP contribution in [0.15, 0.2) is 89.7 Å². The van der Waals surface area contributed by atoms with E-state index in [0.717, 1.165) is 11.1 Å². The first kappa shape index (κ1) is 19.8. The molecule has 5 aromatic rings. The maximum absolute atomic E-state index is 13.4. The Morgan fingerprint density at radius 3 is 2.03 bits per heavy atom. The van der Waals surface area contributed by atoms with E-state index in [4.69, 9.17) is 4.98 Å². The summed E-state index contributed by atoms with van der Waals surface area (Å²) in [5, 5.41) is 10.3. The van der Waals surface area contributed by atoms with E-state index in [1.807, 2.05) is 103 Å². The Morgan fingerprint density at radius 2 is 1.31 bits per heavy atom. The van der Waals surface area contributed by atoms with Gasteiger partial charge in [-0.2, -0.15) is 0 Å². The minimum Gasteiger partial charge on any atom is -0.268 e. The molecule has 0 fully saturated rings. The van der Waals surface area contributed by atoms with Crippen molar-refractivity contribution in [3.63, 3.8) is 0 Å². The van der Waals surface area contributed by atoms with Crippen LogP contribution in [0.4, 0.5) is 0 Å². The highest BCUT2D eigenvalue weighted by molar-refractivity contribution is 7.14. The molecule has 0 saturated heterocycles. The quantitative estimate of drug-likeness (QED) is 0.362. The number of aromatic nitrogens is 4. The minimum atomic E-state index is -0.168. The lowest BCUT2D eigenvalue weighted by molar-refractivity contribution is 0.896. The molecule has 5 nitrogen and oxygen atoms in total. The van der Waals surface area contributed by atoms with Gasteiger partial charge in [-0.25, -0.2) is 9.55 Å². The van der Waals surface area contributed by atoms with Crippen LogP contribution in [0, 0.1) is 0 Å². The molecule has 0 aliphatic heterocycles. The van der Waals surface area contributed by atoms with Crippen LogP contribution >= 0.6 is 11.3 Å². The van der Waals surface area contributed by atoms with Crippen molar-refractivity contribution in [2.45, 2.75) is 0 Å². The average molecular weight is 435 g/mol. The predicted molar refractivity (Wildman–Crippen MR) is 132 cm³/mol. The Balaban J connectivity index is 1.59. The highest BCUT2D eigenvalue weighted by Gasteiger charge is 2.14. The van der Waals surface area contributed by atoms with Crippen LogP contribution in [0.25, 0.3) is 40.3 Å². The summed E-state index contributed by atoms with van der Waals surface area (Å²) in [6.45, 7) is 0. The first-order valence-corrected chi connectivity index (χ1v) is 10.9. The Bertz CT molecular complexity index is 1490. The zero-order chi connectivity index (χ0) is 21.8. The van der Waals surface area contributed by atoms with Gasteiger partial charge >= 0.3 is 0 Å². The van der Waals surface area contributed by atoms with Crippen molar-refractivity contribution in [2.24, 2.45) is 0 Å². The number of hydrogen-bond acceptors (Lipinski definition) is 5. The number of fused-ring (bicyclic) bond motifs is 1. The van der Waals surface area contributed by atoms with Crippen molar-refractivity contribution in [3.8, 4) is 5.13 Å². The monoisotopic (exact) mass is 434 g/mol. The summed E-state index contributed by atoms with van der Waals surface area (Å²) < 4.78 is 1.53. The van der Waals surface area contributed by atoms with Crippen LogP contribution in [0.3, 0.4) is 0 Å². The molecule has 6 heteroatoms. The Hall–Kier alpha value is -4.16. The lowest BCUT2D eigenvalue weighted by Crippen LogP contribution is -2.22. The molecule has 0 spiro atoms. The molecular formula is C26H18N4OS. The molecule has 0 unspecified atom stereocenters. The first-order chi connectivity index (χ1) is 15.8. The molecule has 3 aromatic carbocycles. The topological polar surface area (TPSA) is 60.7 Å². The molecule has 0 radical (unpaired) electrons. The largest absolute Gasteiger partial charge is 0.268 e. The number of rotatable bonds is 5. The molecule has 0 amide bonds. The maximum atomic E-state index is 13.4. The van der Waals surface area contributed by atoms with Crippen molar-refractivity contribution in [2.75, 3.05) is 0 Å². The van der Waals surface area contributed by atoms with Crippen LogP contribution in [0.1, 0.15) is 22.0 Å². The minimum absolute atomic E-state index is 0.168. The van der Waals surface area contributed by atoms with E-state index in [1.54, 1.807) is 6.07 Å². The van der Waals surface area contributed by atoms with Crippen LogP contribution in [-0.4, -0.2) is 19.7 Å². The highest BCUT2D eigenvalue weighted by Crippen LogP contribution is 2.20. The number of hydrogen-bond donors (Lipinski definition) is 0. The van der Waals surface area contributed by atoms with E-state index in [2.05, 4.69) is 10.2 Å². The molecule has 0 bridgehead atoms. The van der Waals surface area contributed by atoms with Gasteiger partial charge in [0, 0.05) is 0 Å². The van der Waals surface area contributed by atoms with Gasteiger partial charge in [-0.3, -0.25) is 4.79 Å². The normalized spacial score (nSPS) is 11.6. The lowest BCUT2D eigenvalue weighted by atomic mass is 10.2. The third kappa shape index (κ3) is 4.17. The number of para-hydroxylation sites is 1. The molecule has 0 saturated carbocycles. The van der Waals surface area contributed by atoms with Gasteiger partial charge in [0.15, 0.2) is 0 Å². The van der Waals surface area contributed by atoms with Gasteiger partial charge in [0.05, 0.1) is 10.9 Å². The summed E-state index contributed by atoms with van der Waals surface area (Å²) in [6, 6.07) is 27.2. The van der Waals surface area contributed by atoms with E-state index in [1.165, 1.54) is 15.9 Å². The van der Waals surface area contributed by atoms with Crippen LogP contribution in [-0.2, 0) is 0 Å². The summed E-state index contributed by atoms with van der Waals surface area (Å²) in [4.78, 5) is 18.1. The Labute approximate surface area is 188 Å². The van der Waals surface area contributed by atoms with Crippen molar-refractivity contribution in [1.29, 1.82) is 0 Å². The van der Waals surface area contributed by atoms with Gasteiger partial charge in [0.2, 0.25) is 5.13 Å².